The first-order valence-electron chi connectivity index (χ1n) is 8.57. The van der Waals surface area contributed by atoms with E-state index >= 15 is 0 Å². The molecule has 1 aliphatic rings. The van der Waals surface area contributed by atoms with E-state index in [2.05, 4.69) is 15.5 Å². The fraction of sp³-hybridized carbons (Fsp3) is 0.316. The van der Waals surface area contributed by atoms with E-state index in [-0.39, 0.29) is 5.91 Å². The maximum absolute atomic E-state index is 12.7. The molecule has 0 saturated heterocycles. The van der Waals surface area contributed by atoms with Crippen molar-refractivity contribution in [2.24, 2.45) is 0 Å². The highest BCUT2D eigenvalue weighted by molar-refractivity contribution is 7.16. The number of hydrogen-bond acceptors (Lipinski definition) is 7. The number of benzene rings is 1. The van der Waals surface area contributed by atoms with Crippen molar-refractivity contribution in [3.8, 4) is 22.2 Å². The molecule has 27 heavy (non-hydrogen) atoms. The van der Waals surface area contributed by atoms with Gasteiger partial charge in [0.15, 0.2) is 0 Å². The number of carbonyl (C=O) groups excluding carboxylic acids is 1. The number of aromatic nitrogens is 2. The first kappa shape index (κ1) is 17.5. The smallest absolute Gasteiger partial charge is 0.259 e. The summed E-state index contributed by atoms with van der Waals surface area (Å²) >= 11 is 1.52. The molecule has 140 valence electrons. The minimum atomic E-state index is -0.256. The SMILES string of the molecule is COc1ccc(C(=O)Nc2cc(-c3noc(C4CC4)n3)sc2C)c(OC)c1. The molecule has 2 heterocycles. The van der Waals surface area contributed by atoms with Crippen molar-refractivity contribution in [1.82, 2.24) is 10.1 Å². The highest BCUT2D eigenvalue weighted by atomic mass is 32.1. The third kappa shape index (κ3) is 3.52. The fourth-order valence-corrected chi connectivity index (χ4v) is 3.62. The number of aryl methyl sites for hydroxylation is 1. The third-order valence-corrected chi connectivity index (χ3v) is 5.45. The number of nitrogens with zero attached hydrogens (tertiary/aromatic N) is 2. The van der Waals surface area contributed by atoms with Gasteiger partial charge in [0.25, 0.3) is 5.91 Å². The van der Waals surface area contributed by atoms with Crippen molar-refractivity contribution in [3.05, 3.63) is 40.6 Å². The molecule has 1 aliphatic carbocycles. The molecule has 7 nitrogen and oxygen atoms in total. The molecule has 2 aromatic heterocycles. The highest BCUT2D eigenvalue weighted by Crippen LogP contribution is 2.40. The van der Waals surface area contributed by atoms with E-state index in [9.17, 15) is 4.79 Å². The Bertz CT molecular complexity index is 991. The average molecular weight is 385 g/mol. The second-order valence-corrected chi connectivity index (χ2v) is 7.59. The summed E-state index contributed by atoms with van der Waals surface area (Å²) in [4.78, 5) is 19.0. The molecule has 0 bridgehead atoms. The summed E-state index contributed by atoms with van der Waals surface area (Å²) < 4.78 is 15.8. The summed E-state index contributed by atoms with van der Waals surface area (Å²) in [6.45, 7) is 1.94. The van der Waals surface area contributed by atoms with Crippen LogP contribution in [0, 0.1) is 6.92 Å². The zero-order valence-corrected chi connectivity index (χ0v) is 16.1. The van der Waals surface area contributed by atoms with E-state index in [0.29, 0.717) is 34.7 Å². The van der Waals surface area contributed by atoms with Gasteiger partial charge in [-0.1, -0.05) is 5.16 Å². The lowest BCUT2D eigenvalue weighted by Crippen LogP contribution is -2.13. The normalized spacial score (nSPS) is 13.4. The van der Waals surface area contributed by atoms with Gasteiger partial charge in [-0.25, -0.2) is 0 Å². The monoisotopic (exact) mass is 385 g/mol. The zero-order chi connectivity index (χ0) is 19.0. The van der Waals surface area contributed by atoms with Crippen LogP contribution in [0.1, 0.15) is 39.9 Å². The molecule has 4 rings (SSSR count). The van der Waals surface area contributed by atoms with Gasteiger partial charge in [-0.3, -0.25) is 4.79 Å². The van der Waals surface area contributed by atoms with Gasteiger partial charge >= 0.3 is 0 Å². The van der Waals surface area contributed by atoms with Crippen LogP contribution in [0.3, 0.4) is 0 Å². The number of nitrogens with one attached hydrogen (secondary N) is 1. The van der Waals surface area contributed by atoms with Crippen molar-refractivity contribution in [2.45, 2.75) is 25.7 Å². The van der Waals surface area contributed by atoms with Gasteiger partial charge in [-0.05, 0) is 38.0 Å². The largest absolute Gasteiger partial charge is 0.497 e. The summed E-state index contributed by atoms with van der Waals surface area (Å²) in [6, 6.07) is 6.95. The molecule has 1 N–H and O–H groups in total. The first-order valence-corrected chi connectivity index (χ1v) is 9.38. The molecular weight excluding hydrogens is 366 g/mol. The van der Waals surface area contributed by atoms with Crippen LogP contribution in [0.25, 0.3) is 10.7 Å². The molecule has 0 atom stereocenters. The molecule has 3 aromatic rings. The van der Waals surface area contributed by atoms with Crippen molar-refractivity contribution in [2.75, 3.05) is 19.5 Å². The summed E-state index contributed by atoms with van der Waals surface area (Å²) in [5, 5.41) is 7.00. The van der Waals surface area contributed by atoms with Gasteiger partial charge in [0.2, 0.25) is 11.7 Å². The van der Waals surface area contributed by atoms with E-state index in [4.69, 9.17) is 14.0 Å². The molecule has 1 amide bonds. The molecule has 1 fully saturated rings. The van der Waals surface area contributed by atoms with E-state index < -0.39 is 0 Å². The highest BCUT2D eigenvalue weighted by Gasteiger charge is 2.30. The minimum Gasteiger partial charge on any atom is -0.497 e. The fourth-order valence-electron chi connectivity index (χ4n) is 2.72. The van der Waals surface area contributed by atoms with Gasteiger partial charge in [-0.2, -0.15) is 4.98 Å². The van der Waals surface area contributed by atoms with Crippen molar-refractivity contribution in [3.63, 3.8) is 0 Å². The van der Waals surface area contributed by atoms with E-state index in [0.717, 1.165) is 28.3 Å². The molecule has 0 unspecified atom stereocenters. The van der Waals surface area contributed by atoms with Crippen LogP contribution in [0.15, 0.2) is 28.8 Å². The van der Waals surface area contributed by atoms with Gasteiger partial charge in [0.1, 0.15) is 11.5 Å². The second kappa shape index (κ2) is 7.03. The zero-order valence-electron chi connectivity index (χ0n) is 15.2. The Kier molecular flexibility index (Phi) is 4.57. The summed E-state index contributed by atoms with van der Waals surface area (Å²) in [5.74, 6) is 2.49. The number of anilines is 1. The van der Waals surface area contributed by atoms with Crippen molar-refractivity contribution >= 4 is 22.9 Å². The average Bonchev–Trinajstić information content (AvgIpc) is 3.30. The number of carbonyl (C=O) groups is 1. The number of hydrogen-bond donors (Lipinski definition) is 1. The lowest BCUT2D eigenvalue weighted by atomic mass is 10.1. The molecule has 0 spiro atoms. The molecule has 0 radical (unpaired) electrons. The number of amides is 1. The Morgan fingerprint density at radius 3 is 2.78 bits per heavy atom. The topological polar surface area (TPSA) is 86.5 Å². The lowest BCUT2D eigenvalue weighted by molar-refractivity contribution is 0.102. The lowest BCUT2D eigenvalue weighted by Gasteiger charge is -2.10. The van der Waals surface area contributed by atoms with Gasteiger partial charge in [0.05, 0.1) is 30.3 Å². The third-order valence-electron chi connectivity index (χ3n) is 4.41. The van der Waals surface area contributed by atoms with E-state index in [1.165, 1.54) is 18.4 Å². The molecule has 1 aromatic carbocycles. The van der Waals surface area contributed by atoms with Crippen LogP contribution >= 0.6 is 11.3 Å². The van der Waals surface area contributed by atoms with Gasteiger partial charge in [0, 0.05) is 16.9 Å². The summed E-state index contributed by atoms with van der Waals surface area (Å²) in [7, 11) is 3.09. The Hall–Kier alpha value is -2.87. The molecule has 0 aliphatic heterocycles. The van der Waals surface area contributed by atoms with Crippen LogP contribution in [0.5, 0.6) is 11.5 Å². The van der Waals surface area contributed by atoms with E-state index in [1.54, 1.807) is 25.3 Å². The Labute approximate surface area is 160 Å². The van der Waals surface area contributed by atoms with Crippen LogP contribution in [-0.4, -0.2) is 30.3 Å². The number of ether oxygens (including phenoxy) is 2. The number of thiophene rings is 1. The molecule has 8 heteroatoms. The predicted octanol–water partition coefficient (Wildman–Crippen LogP) is 4.25. The maximum atomic E-state index is 12.7. The number of rotatable bonds is 6. The van der Waals surface area contributed by atoms with Crippen LogP contribution in [0.4, 0.5) is 5.69 Å². The number of methoxy groups -OCH3 is 2. The minimum absolute atomic E-state index is 0.256. The van der Waals surface area contributed by atoms with Crippen molar-refractivity contribution in [1.29, 1.82) is 0 Å². The van der Waals surface area contributed by atoms with Gasteiger partial charge in [-0.15, -0.1) is 11.3 Å². The van der Waals surface area contributed by atoms with Crippen LogP contribution in [0.2, 0.25) is 0 Å². The summed E-state index contributed by atoms with van der Waals surface area (Å²) in [5.41, 5.74) is 1.15. The Morgan fingerprint density at radius 1 is 1.26 bits per heavy atom. The Balaban J connectivity index is 1.55. The van der Waals surface area contributed by atoms with Crippen LogP contribution in [-0.2, 0) is 0 Å². The quantitative estimate of drug-likeness (QED) is 0.682. The Morgan fingerprint density at radius 2 is 2.07 bits per heavy atom. The molecule has 1 saturated carbocycles. The first-order chi connectivity index (χ1) is 13.1. The second-order valence-electron chi connectivity index (χ2n) is 6.33. The van der Waals surface area contributed by atoms with E-state index in [1.807, 2.05) is 13.0 Å². The maximum Gasteiger partial charge on any atom is 0.259 e. The predicted molar refractivity (Wildman–Crippen MR) is 102 cm³/mol. The van der Waals surface area contributed by atoms with Crippen molar-refractivity contribution < 1.29 is 18.8 Å². The van der Waals surface area contributed by atoms with Gasteiger partial charge < -0.3 is 19.3 Å². The summed E-state index contributed by atoms with van der Waals surface area (Å²) in [6.07, 6.45) is 2.21. The standard InChI is InChI=1S/C19H19N3O4S/c1-10-14(9-16(27-10)17-21-19(26-22-17)11-4-5-11)20-18(23)13-7-6-12(24-2)8-15(13)25-3/h6-9,11H,4-5H2,1-3H3,(H,20,23). The molecular formula is C19H19N3O4S. The van der Waals surface area contributed by atoms with Crippen LogP contribution < -0.4 is 14.8 Å².